The zero-order chi connectivity index (χ0) is 11.4. The molecule has 5 N–H and O–H groups in total. The van der Waals surface area contributed by atoms with Crippen LogP contribution in [0.15, 0.2) is 23.8 Å². The van der Waals surface area contributed by atoms with E-state index >= 15 is 0 Å². The molecule has 16 heavy (non-hydrogen) atoms. The molecular weight excluding hydrogens is 222 g/mol. The van der Waals surface area contributed by atoms with Gasteiger partial charge in [-0.2, -0.15) is 0 Å². The van der Waals surface area contributed by atoms with Gasteiger partial charge < -0.3 is 16.8 Å². The average molecular weight is 235 g/mol. The Morgan fingerprint density at radius 3 is 2.94 bits per heavy atom. The quantitative estimate of drug-likeness (QED) is 0.744. The van der Waals surface area contributed by atoms with Crippen LogP contribution < -0.4 is 16.8 Å². The van der Waals surface area contributed by atoms with Gasteiger partial charge in [-0.3, -0.25) is 0 Å². The smallest absolute Gasteiger partial charge is 0.154 e. The lowest BCUT2D eigenvalue weighted by Crippen LogP contribution is -2.10. The van der Waals surface area contributed by atoms with E-state index in [-0.39, 0.29) is 0 Å². The highest BCUT2D eigenvalue weighted by Crippen LogP contribution is 2.19. The molecule has 6 heteroatoms. The number of nitrogens with two attached hydrogens (primary N) is 2. The van der Waals surface area contributed by atoms with Crippen molar-refractivity contribution in [1.29, 1.82) is 0 Å². The van der Waals surface area contributed by atoms with Crippen LogP contribution in [0.25, 0.3) is 0 Å². The summed E-state index contributed by atoms with van der Waals surface area (Å²) in [4.78, 5) is 9.16. The molecule has 2 heterocycles. The average Bonchev–Trinajstić information content (AvgIpc) is 2.77. The Morgan fingerprint density at radius 1 is 1.31 bits per heavy atom. The first kappa shape index (κ1) is 10.7. The zero-order valence-electron chi connectivity index (χ0n) is 8.68. The number of hydrogen-bond acceptors (Lipinski definition) is 6. The van der Waals surface area contributed by atoms with Crippen molar-refractivity contribution in [2.45, 2.75) is 6.42 Å². The molecule has 0 amide bonds. The van der Waals surface area contributed by atoms with Gasteiger partial charge in [-0.25, -0.2) is 9.97 Å². The Labute approximate surface area is 97.5 Å². The van der Waals surface area contributed by atoms with Gasteiger partial charge in [0.15, 0.2) is 11.6 Å². The first-order valence-corrected chi connectivity index (χ1v) is 5.77. The first-order valence-electron chi connectivity index (χ1n) is 4.89. The van der Waals surface area contributed by atoms with Gasteiger partial charge in [0, 0.05) is 11.4 Å². The molecule has 2 aromatic heterocycles. The minimum atomic E-state index is 0.314. The number of hydrogen-bond donors (Lipinski definition) is 3. The van der Waals surface area contributed by atoms with Crippen LogP contribution in [0.4, 0.5) is 17.3 Å². The summed E-state index contributed by atoms with van der Waals surface area (Å²) in [6.45, 7) is 0.779. The maximum absolute atomic E-state index is 5.73. The predicted molar refractivity (Wildman–Crippen MR) is 67.4 cm³/mol. The van der Waals surface area contributed by atoms with E-state index in [0.717, 1.165) is 13.0 Å². The van der Waals surface area contributed by atoms with E-state index in [1.54, 1.807) is 11.3 Å². The van der Waals surface area contributed by atoms with Gasteiger partial charge in [0.1, 0.15) is 12.0 Å². The molecule has 0 atom stereocenters. The molecule has 5 nitrogen and oxygen atoms in total. The zero-order valence-corrected chi connectivity index (χ0v) is 9.50. The topological polar surface area (TPSA) is 89.8 Å². The SMILES string of the molecule is Nc1ncnc(NCCc2cccs2)c1N. The second-order valence-corrected chi connectivity index (χ2v) is 4.31. The summed E-state index contributed by atoms with van der Waals surface area (Å²) in [6, 6.07) is 4.14. The van der Waals surface area contributed by atoms with Crippen LogP contribution in [0.1, 0.15) is 4.88 Å². The maximum atomic E-state index is 5.73. The van der Waals surface area contributed by atoms with Crippen LogP contribution in [-0.2, 0) is 6.42 Å². The largest absolute Gasteiger partial charge is 0.393 e. The molecule has 0 unspecified atom stereocenters. The highest BCUT2D eigenvalue weighted by molar-refractivity contribution is 7.09. The molecule has 0 saturated carbocycles. The molecule has 0 aromatic carbocycles. The van der Waals surface area contributed by atoms with Gasteiger partial charge in [0.25, 0.3) is 0 Å². The van der Waals surface area contributed by atoms with Crippen molar-refractivity contribution in [2.24, 2.45) is 0 Å². The monoisotopic (exact) mass is 235 g/mol. The lowest BCUT2D eigenvalue weighted by Gasteiger charge is -2.07. The Balaban J connectivity index is 1.92. The summed E-state index contributed by atoms with van der Waals surface area (Å²) in [5.74, 6) is 0.915. The summed E-state index contributed by atoms with van der Waals surface area (Å²) in [6.07, 6.45) is 2.35. The Bertz CT molecular complexity index is 454. The molecule has 0 aliphatic rings. The molecule has 0 bridgehead atoms. The summed E-state index contributed by atoms with van der Waals surface area (Å²) < 4.78 is 0. The summed E-state index contributed by atoms with van der Waals surface area (Å²) in [7, 11) is 0. The van der Waals surface area contributed by atoms with Crippen molar-refractivity contribution in [3.63, 3.8) is 0 Å². The molecule has 0 radical (unpaired) electrons. The lowest BCUT2D eigenvalue weighted by molar-refractivity contribution is 1.02. The van der Waals surface area contributed by atoms with Gasteiger partial charge in [-0.15, -0.1) is 11.3 Å². The van der Waals surface area contributed by atoms with Crippen LogP contribution in [-0.4, -0.2) is 16.5 Å². The van der Waals surface area contributed by atoms with Crippen molar-refractivity contribution < 1.29 is 0 Å². The van der Waals surface area contributed by atoms with Crippen molar-refractivity contribution in [3.05, 3.63) is 28.7 Å². The molecule has 84 valence electrons. The van der Waals surface area contributed by atoms with Crippen LogP contribution in [0, 0.1) is 0 Å². The second kappa shape index (κ2) is 4.80. The standard InChI is InChI=1S/C10H13N5S/c11-8-9(12)14-6-15-10(8)13-4-3-7-2-1-5-16-7/h1-2,5-6H,3-4,11H2,(H3,12,13,14,15). The number of rotatable bonds is 4. The normalized spacial score (nSPS) is 10.2. The van der Waals surface area contributed by atoms with Gasteiger partial charge in [-0.05, 0) is 17.9 Å². The fourth-order valence-corrected chi connectivity index (χ4v) is 2.02. The number of nitrogen functional groups attached to an aromatic ring is 2. The van der Waals surface area contributed by atoms with Crippen molar-refractivity contribution in [1.82, 2.24) is 9.97 Å². The van der Waals surface area contributed by atoms with E-state index in [9.17, 15) is 0 Å². The Morgan fingerprint density at radius 2 is 2.19 bits per heavy atom. The molecular formula is C10H13N5S. The van der Waals surface area contributed by atoms with Gasteiger partial charge >= 0.3 is 0 Å². The number of aromatic nitrogens is 2. The van der Waals surface area contributed by atoms with Gasteiger partial charge in [0.05, 0.1) is 0 Å². The minimum Gasteiger partial charge on any atom is -0.393 e. The summed E-state index contributed by atoms with van der Waals surface area (Å²) in [5.41, 5.74) is 11.7. The molecule has 0 aliphatic carbocycles. The highest BCUT2D eigenvalue weighted by atomic mass is 32.1. The van der Waals surface area contributed by atoms with E-state index in [0.29, 0.717) is 17.3 Å². The summed E-state index contributed by atoms with van der Waals surface area (Å²) in [5, 5.41) is 5.20. The van der Waals surface area contributed by atoms with E-state index in [1.165, 1.54) is 11.2 Å². The molecule has 0 aliphatic heterocycles. The number of anilines is 3. The van der Waals surface area contributed by atoms with Crippen molar-refractivity contribution in [3.8, 4) is 0 Å². The van der Waals surface area contributed by atoms with Crippen LogP contribution in [0.2, 0.25) is 0 Å². The van der Waals surface area contributed by atoms with E-state index in [4.69, 9.17) is 11.5 Å². The van der Waals surface area contributed by atoms with Gasteiger partial charge in [0.2, 0.25) is 0 Å². The Hall–Kier alpha value is -1.82. The third kappa shape index (κ3) is 2.40. The van der Waals surface area contributed by atoms with Crippen molar-refractivity contribution in [2.75, 3.05) is 23.3 Å². The van der Waals surface area contributed by atoms with Gasteiger partial charge in [-0.1, -0.05) is 6.07 Å². The third-order valence-corrected chi connectivity index (χ3v) is 3.09. The Kier molecular flexibility index (Phi) is 3.21. The highest BCUT2D eigenvalue weighted by Gasteiger charge is 2.03. The van der Waals surface area contributed by atoms with Crippen LogP contribution in [0.3, 0.4) is 0 Å². The molecule has 2 aromatic rings. The van der Waals surface area contributed by atoms with E-state index in [2.05, 4.69) is 26.7 Å². The third-order valence-electron chi connectivity index (χ3n) is 2.16. The number of nitrogens with zero attached hydrogens (tertiary/aromatic N) is 2. The molecule has 2 rings (SSSR count). The first-order chi connectivity index (χ1) is 7.77. The fraction of sp³-hybridized carbons (Fsp3) is 0.200. The molecule has 0 saturated heterocycles. The van der Waals surface area contributed by atoms with Crippen molar-refractivity contribution >= 4 is 28.7 Å². The number of nitrogens with one attached hydrogen (secondary N) is 1. The minimum absolute atomic E-state index is 0.314. The molecule has 0 fully saturated rings. The van der Waals surface area contributed by atoms with E-state index in [1.807, 2.05) is 6.07 Å². The summed E-state index contributed by atoms with van der Waals surface area (Å²) >= 11 is 1.74. The maximum Gasteiger partial charge on any atom is 0.154 e. The van der Waals surface area contributed by atoms with Crippen LogP contribution >= 0.6 is 11.3 Å². The van der Waals surface area contributed by atoms with E-state index < -0.39 is 0 Å². The molecule has 0 spiro atoms. The number of thiophene rings is 1. The van der Waals surface area contributed by atoms with Crippen LogP contribution in [0.5, 0.6) is 0 Å². The fourth-order valence-electron chi connectivity index (χ4n) is 1.31. The second-order valence-electron chi connectivity index (χ2n) is 3.28. The predicted octanol–water partition coefficient (Wildman–Crippen LogP) is 1.36. The lowest BCUT2D eigenvalue weighted by atomic mass is 10.3.